The molecule has 0 saturated carbocycles. The van der Waals surface area contributed by atoms with Crippen LogP contribution in [0.4, 0.5) is 0 Å². The topological polar surface area (TPSA) is 72.5 Å². The highest BCUT2D eigenvalue weighted by atomic mass is 16.5. The first-order chi connectivity index (χ1) is 16.2. The molecule has 1 atom stereocenters. The molecule has 1 fully saturated rings. The average Bonchev–Trinajstić information content (AvgIpc) is 3.21. The molecule has 2 aromatic carbocycles. The Kier molecular flexibility index (Phi) is 6.41. The third kappa shape index (κ3) is 4.94. The number of methoxy groups -OCH3 is 1. The third-order valence-electron chi connectivity index (χ3n) is 6.15. The molecule has 0 spiro atoms. The smallest absolute Gasteiger partial charge is 0.230 e. The van der Waals surface area contributed by atoms with E-state index in [2.05, 4.69) is 25.9 Å². The van der Waals surface area contributed by atoms with Crippen LogP contribution in [0.1, 0.15) is 31.4 Å². The lowest BCUT2D eigenvalue weighted by molar-refractivity contribution is -0.00832. The first-order valence-corrected chi connectivity index (χ1v) is 11.6. The van der Waals surface area contributed by atoms with Crippen LogP contribution in [0.5, 0.6) is 17.4 Å². The second kappa shape index (κ2) is 9.77. The number of piperidine rings is 1. The predicted octanol–water partition coefficient (Wildman–Crippen LogP) is 5.44. The van der Waals surface area contributed by atoms with Crippen molar-refractivity contribution in [3.05, 3.63) is 54.5 Å². The Bertz CT molecular complexity index is 1230. The Morgan fingerprint density at radius 3 is 2.70 bits per heavy atom. The van der Waals surface area contributed by atoms with Crippen LogP contribution in [0.2, 0.25) is 0 Å². The quantitative estimate of drug-likeness (QED) is 0.389. The SMILES string of the molecule is COCCC(Oc1ccc2c(Oc3ccc4[nH]c(C)cc4c3)ncnc2c1)N1CCCCC1. The van der Waals surface area contributed by atoms with Gasteiger partial charge < -0.3 is 19.2 Å². The predicted molar refractivity (Wildman–Crippen MR) is 129 cm³/mol. The molecule has 7 heteroatoms. The number of hydrogen-bond donors (Lipinski definition) is 1. The van der Waals surface area contributed by atoms with E-state index in [1.165, 1.54) is 25.6 Å². The molecular formula is C26H30N4O3. The maximum absolute atomic E-state index is 6.41. The Labute approximate surface area is 193 Å². The minimum Gasteiger partial charge on any atom is -0.475 e. The number of aryl methyl sites for hydroxylation is 1. The summed E-state index contributed by atoms with van der Waals surface area (Å²) in [5, 5.41) is 1.96. The molecule has 33 heavy (non-hydrogen) atoms. The maximum Gasteiger partial charge on any atom is 0.230 e. The van der Waals surface area contributed by atoms with Crippen molar-refractivity contribution in [3.63, 3.8) is 0 Å². The molecule has 172 valence electrons. The van der Waals surface area contributed by atoms with E-state index < -0.39 is 0 Å². The van der Waals surface area contributed by atoms with Gasteiger partial charge in [0.1, 0.15) is 17.8 Å². The molecule has 2 aromatic heterocycles. The monoisotopic (exact) mass is 446 g/mol. The van der Waals surface area contributed by atoms with Gasteiger partial charge in [-0.2, -0.15) is 0 Å². The number of H-pyrrole nitrogens is 1. The highest BCUT2D eigenvalue weighted by molar-refractivity contribution is 5.85. The van der Waals surface area contributed by atoms with E-state index in [0.717, 1.165) is 58.5 Å². The second-order valence-electron chi connectivity index (χ2n) is 8.61. The zero-order valence-corrected chi connectivity index (χ0v) is 19.2. The molecule has 4 aromatic rings. The number of aromatic amines is 1. The molecule has 0 bridgehead atoms. The van der Waals surface area contributed by atoms with E-state index in [0.29, 0.717) is 12.5 Å². The lowest BCUT2D eigenvalue weighted by Crippen LogP contribution is -2.43. The van der Waals surface area contributed by atoms with Crippen LogP contribution < -0.4 is 9.47 Å². The Balaban J connectivity index is 1.37. The summed E-state index contributed by atoms with van der Waals surface area (Å²) >= 11 is 0. The van der Waals surface area contributed by atoms with Crippen LogP contribution in [-0.2, 0) is 4.74 Å². The van der Waals surface area contributed by atoms with Crippen LogP contribution in [0.15, 0.2) is 48.8 Å². The molecule has 0 radical (unpaired) electrons. The summed E-state index contributed by atoms with van der Waals surface area (Å²) in [6.07, 6.45) is 6.08. The number of hydrogen-bond acceptors (Lipinski definition) is 6. The van der Waals surface area contributed by atoms with E-state index in [1.54, 1.807) is 7.11 Å². The van der Waals surface area contributed by atoms with Crippen molar-refractivity contribution in [1.82, 2.24) is 19.9 Å². The normalized spacial score (nSPS) is 15.7. The van der Waals surface area contributed by atoms with Crippen molar-refractivity contribution >= 4 is 21.8 Å². The fraction of sp³-hybridized carbons (Fsp3) is 0.385. The van der Waals surface area contributed by atoms with Crippen LogP contribution in [0.25, 0.3) is 21.8 Å². The number of fused-ring (bicyclic) bond motifs is 2. The first kappa shape index (κ1) is 21.7. The number of benzene rings is 2. The molecule has 1 aliphatic heterocycles. The zero-order valence-electron chi connectivity index (χ0n) is 19.2. The number of aromatic nitrogens is 3. The summed E-state index contributed by atoms with van der Waals surface area (Å²) in [5.74, 6) is 2.07. The Morgan fingerprint density at radius 2 is 1.85 bits per heavy atom. The molecule has 1 aliphatic rings. The molecule has 1 N–H and O–H groups in total. The molecule has 5 rings (SSSR count). The van der Waals surface area contributed by atoms with Gasteiger partial charge in [-0.3, -0.25) is 4.90 Å². The highest BCUT2D eigenvalue weighted by Crippen LogP contribution is 2.31. The summed E-state index contributed by atoms with van der Waals surface area (Å²) in [5.41, 5.74) is 3.00. The first-order valence-electron chi connectivity index (χ1n) is 11.6. The molecule has 1 saturated heterocycles. The van der Waals surface area contributed by atoms with E-state index in [9.17, 15) is 0 Å². The van der Waals surface area contributed by atoms with Gasteiger partial charge in [0, 0.05) is 49.3 Å². The van der Waals surface area contributed by atoms with Crippen molar-refractivity contribution in [2.24, 2.45) is 0 Å². The van der Waals surface area contributed by atoms with Crippen molar-refractivity contribution in [3.8, 4) is 17.4 Å². The summed E-state index contributed by atoms with van der Waals surface area (Å²) in [4.78, 5) is 14.6. The van der Waals surface area contributed by atoms with Gasteiger partial charge in [-0.25, -0.2) is 9.97 Å². The Hall–Kier alpha value is -3.16. The van der Waals surface area contributed by atoms with Crippen molar-refractivity contribution in [2.45, 2.75) is 38.8 Å². The molecular weight excluding hydrogens is 416 g/mol. The largest absolute Gasteiger partial charge is 0.475 e. The molecule has 0 amide bonds. The number of nitrogens with one attached hydrogen (secondary N) is 1. The third-order valence-corrected chi connectivity index (χ3v) is 6.15. The van der Waals surface area contributed by atoms with Gasteiger partial charge >= 0.3 is 0 Å². The lowest BCUT2D eigenvalue weighted by atomic mass is 10.1. The number of likely N-dealkylation sites (tertiary alicyclic amines) is 1. The minimum absolute atomic E-state index is 0.00297. The summed E-state index contributed by atoms with van der Waals surface area (Å²) < 4.78 is 17.9. The Morgan fingerprint density at radius 1 is 1.00 bits per heavy atom. The van der Waals surface area contributed by atoms with Crippen molar-refractivity contribution in [1.29, 1.82) is 0 Å². The van der Waals surface area contributed by atoms with E-state index in [4.69, 9.17) is 14.2 Å². The van der Waals surface area contributed by atoms with Crippen molar-refractivity contribution in [2.75, 3.05) is 26.8 Å². The van der Waals surface area contributed by atoms with Gasteiger partial charge in [0.05, 0.1) is 17.5 Å². The zero-order chi connectivity index (χ0) is 22.6. The fourth-order valence-corrected chi connectivity index (χ4v) is 4.50. The molecule has 0 aliphatic carbocycles. The summed E-state index contributed by atoms with van der Waals surface area (Å²) in [6, 6.07) is 14.0. The fourth-order valence-electron chi connectivity index (χ4n) is 4.50. The van der Waals surface area contributed by atoms with Gasteiger partial charge in [-0.15, -0.1) is 0 Å². The number of rotatable bonds is 8. The van der Waals surface area contributed by atoms with Gasteiger partial charge in [0.25, 0.3) is 0 Å². The molecule has 7 nitrogen and oxygen atoms in total. The molecule has 3 heterocycles. The van der Waals surface area contributed by atoms with Crippen LogP contribution in [-0.4, -0.2) is 52.9 Å². The van der Waals surface area contributed by atoms with Gasteiger partial charge in [0.2, 0.25) is 5.88 Å². The average molecular weight is 447 g/mol. The van der Waals surface area contributed by atoms with Crippen LogP contribution >= 0.6 is 0 Å². The van der Waals surface area contributed by atoms with Crippen LogP contribution in [0.3, 0.4) is 0 Å². The van der Waals surface area contributed by atoms with Crippen molar-refractivity contribution < 1.29 is 14.2 Å². The number of ether oxygens (including phenoxy) is 3. The maximum atomic E-state index is 6.41. The van der Waals surface area contributed by atoms with E-state index in [1.807, 2.05) is 43.3 Å². The summed E-state index contributed by atoms with van der Waals surface area (Å²) in [7, 11) is 1.73. The minimum atomic E-state index is -0.00297. The van der Waals surface area contributed by atoms with Gasteiger partial charge in [-0.05, 0) is 56.2 Å². The van der Waals surface area contributed by atoms with Gasteiger partial charge in [0.15, 0.2) is 6.23 Å². The van der Waals surface area contributed by atoms with E-state index in [-0.39, 0.29) is 6.23 Å². The molecule has 1 unspecified atom stereocenters. The second-order valence-corrected chi connectivity index (χ2v) is 8.61. The van der Waals surface area contributed by atoms with E-state index >= 15 is 0 Å². The van der Waals surface area contributed by atoms with Gasteiger partial charge in [-0.1, -0.05) is 6.42 Å². The number of nitrogens with zero attached hydrogens (tertiary/aromatic N) is 3. The standard InChI is InChI=1S/C26H30N4O3/c1-18-14-19-15-20(7-9-23(19)29-18)33-26-22-8-6-21(16-24(22)27-17-28-26)32-25(10-13-31-2)30-11-4-3-5-12-30/h6-9,14-17,25,29H,3-5,10-13H2,1-2H3. The summed E-state index contributed by atoms with van der Waals surface area (Å²) in [6.45, 7) is 4.84. The lowest BCUT2D eigenvalue weighted by Gasteiger charge is -2.34. The van der Waals surface area contributed by atoms with Crippen LogP contribution in [0, 0.1) is 6.92 Å². The highest BCUT2D eigenvalue weighted by Gasteiger charge is 2.22.